The maximum absolute atomic E-state index is 8.66. The zero-order valence-corrected chi connectivity index (χ0v) is 6.37. The topological polar surface area (TPSA) is 61.0 Å². The molecule has 0 saturated heterocycles. The highest BCUT2D eigenvalue weighted by Gasteiger charge is 1.89. The molecule has 0 amide bonds. The number of methoxy groups -OCH3 is 1. The molecule has 0 radical (unpaired) electrons. The van der Waals surface area contributed by atoms with Crippen molar-refractivity contribution >= 4 is 0 Å². The number of hydrogen-bond donors (Lipinski definition) is 1. The summed E-state index contributed by atoms with van der Waals surface area (Å²) in [6.45, 7) is 0.0873. The number of aliphatic hydroxyl groups excluding tert-OH is 1. The molecule has 1 aromatic rings. The van der Waals surface area contributed by atoms with Crippen LogP contribution in [0.25, 0.3) is 0 Å². The Bertz CT molecular complexity index is 170. The number of aliphatic hydroxyl groups is 1. The van der Waals surface area contributed by atoms with Gasteiger partial charge in [-0.15, -0.1) is 0 Å². The van der Waals surface area contributed by atoms with Crippen LogP contribution in [0.4, 0.5) is 0 Å². The average molecular weight is 156 g/mol. The van der Waals surface area contributed by atoms with Gasteiger partial charge in [-0.3, -0.25) is 0 Å². The fraction of sp³-hybridized carbons (Fsp3) is 0.250. The zero-order valence-electron chi connectivity index (χ0n) is 6.37. The summed E-state index contributed by atoms with van der Waals surface area (Å²) >= 11 is 0. The lowest BCUT2D eigenvalue weighted by Crippen LogP contribution is -1.84. The van der Waals surface area contributed by atoms with Gasteiger partial charge >= 0.3 is 0 Å². The van der Waals surface area contributed by atoms with Gasteiger partial charge in [0.1, 0.15) is 5.75 Å². The van der Waals surface area contributed by atoms with Crippen molar-refractivity contribution in [2.24, 2.45) is 0 Å². The van der Waals surface area contributed by atoms with Crippen molar-refractivity contribution in [3.05, 3.63) is 29.8 Å². The number of hydrogen-bond acceptors (Lipinski definition) is 2. The van der Waals surface area contributed by atoms with Crippen LogP contribution in [0.15, 0.2) is 24.3 Å². The summed E-state index contributed by atoms with van der Waals surface area (Å²) in [5.74, 6) is 0.817. The van der Waals surface area contributed by atoms with Crippen molar-refractivity contribution in [2.75, 3.05) is 7.11 Å². The van der Waals surface area contributed by atoms with Gasteiger partial charge in [0, 0.05) is 0 Å². The largest absolute Gasteiger partial charge is 0.497 e. The summed E-state index contributed by atoms with van der Waals surface area (Å²) in [7, 11) is 1.62. The summed E-state index contributed by atoms with van der Waals surface area (Å²) < 4.78 is 4.93. The Morgan fingerprint density at radius 2 is 1.82 bits per heavy atom. The van der Waals surface area contributed by atoms with Gasteiger partial charge in [-0.25, -0.2) is 0 Å². The molecule has 62 valence electrons. The van der Waals surface area contributed by atoms with Crippen LogP contribution < -0.4 is 4.74 Å². The first-order valence-electron chi connectivity index (χ1n) is 3.10. The lowest BCUT2D eigenvalue weighted by atomic mass is 10.2. The highest BCUT2D eigenvalue weighted by Crippen LogP contribution is 2.10. The molecule has 1 rings (SSSR count). The van der Waals surface area contributed by atoms with Crippen molar-refractivity contribution in [3.8, 4) is 5.75 Å². The summed E-state index contributed by atoms with van der Waals surface area (Å²) in [5.41, 5.74) is 0.904. The van der Waals surface area contributed by atoms with Gasteiger partial charge < -0.3 is 15.3 Å². The van der Waals surface area contributed by atoms with Crippen molar-refractivity contribution < 1.29 is 15.3 Å². The van der Waals surface area contributed by atoms with Gasteiger partial charge in [-0.1, -0.05) is 12.1 Å². The van der Waals surface area contributed by atoms with Crippen molar-refractivity contribution in [3.63, 3.8) is 0 Å². The van der Waals surface area contributed by atoms with E-state index in [1.54, 1.807) is 7.11 Å². The molecule has 1 aromatic carbocycles. The molecule has 0 aliphatic carbocycles. The van der Waals surface area contributed by atoms with Crippen molar-refractivity contribution in [1.82, 2.24) is 0 Å². The first-order chi connectivity index (χ1) is 4.86. The van der Waals surface area contributed by atoms with E-state index in [4.69, 9.17) is 9.84 Å². The van der Waals surface area contributed by atoms with E-state index in [1.807, 2.05) is 24.3 Å². The minimum Gasteiger partial charge on any atom is -0.497 e. The monoisotopic (exact) mass is 156 g/mol. The standard InChI is InChI=1S/C8H10O2.H2O/c1-10-8-4-2-7(6-9)3-5-8;/h2-5,9H,6H2,1H3;1H2. The number of benzene rings is 1. The van der Waals surface area contributed by atoms with Gasteiger partial charge in [0.15, 0.2) is 0 Å². The van der Waals surface area contributed by atoms with Gasteiger partial charge in [0.05, 0.1) is 13.7 Å². The van der Waals surface area contributed by atoms with Crippen LogP contribution in [0.3, 0.4) is 0 Å². The molecule has 0 aromatic heterocycles. The van der Waals surface area contributed by atoms with E-state index in [9.17, 15) is 0 Å². The predicted octanol–water partition coefficient (Wildman–Crippen LogP) is 0.363. The molecule has 3 nitrogen and oxygen atoms in total. The summed E-state index contributed by atoms with van der Waals surface area (Å²) in [6.07, 6.45) is 0. The van der Waals surface area contributed by atoms with Gasteiger partial charge in [0.25, 0.3) is 0 Å². The first kappa shape index (κ1) is 9.94. The molecular weight excluding hydrogens is 144 g/mol. The predicted molar refractivity (Wildman–Crippen MR) is 42.5 cm³/mol. The fourth-order valence-corrected chi connectivity index (χ4v) is 0.731. The molecule has 3 heteroatoms. The van der Waals surface area contributed by atoms with E-state index in [0.29, 0.717) is 0 Å². The Morgan fingerprint density at radius 1 is 1.27 bits per heavy atom. The summed E-state index contributed by atoms with van der Waals surface area (Å²) in [5, 5.41) is 8.66. The molecule has 0 saturated carbocycles. The molecule has 0 aliphatic rings. The molecule has 0 bridgehead atoms. The minimum absolute atomic E-state index is 0. The maximum Gasteiger partial charge on any atom is 0.118 e. The third-order valence-corrected chi connectivity index (χ3v) is 1.34. The van der Waals surface area contributed by atoms with E-state index in [1.165, 1.54) is 0 Å². The SMILES string of the molecule is COc1ccc(CO)cc1.O. The summed E-state index contributed by atoms with van der Waals surface area (Å²) in [6, 6.07) is 7.31. The Morgan fingerprint density at radius 3 is 2.18 bits per heavy atom. The van der Waals surface area contributed by atoms with E-state index in [0.717, 1.165) is 11.3 Å². The smallest absolute Gasteiger partial charge is 0.118 e. The lowest BCUT2D eigenvalue weighted by molar-refractivity contribution is 0.281. The minimum atomic E-state index is 0. The summed E-state index contributed by atoms with van der Waals surface area (Å²) in [4.78, 5) is 0. The molecule has 0 fully saturated rings. The van der Waals surface area contributed by atoms with Crippen LogP contribution in [0, 0.1) is 0 Å². The molecule has 0 atom stereocenters. The third-order valence-electron chi connectivity index (χ3n) is 1.34. The van der Waals surface area contributed by atoms with E-state index in [2.05, 4.69) is 0 Å². The van der Waals surface area contributed by atoms with Crippen molar-refractivity contribution in [1.29, 1.82) is 0 Å². The van der Waals surface area contributed by atoms with Crippen molar-refractivity contribution in [2.45, 2.75) is 6.61 Å². The number of ether oxygens (including phenoxy) is 1. The van der Waals surface area contributed by atoms with E-state index >= 15 is 0 Å². The Kier molecular flexibility index (Phi) is 4.26. The molecule has 3 N–H and O–H groups in total. The zero-order chi connectivity index (χ0) is 7.40. The second kappa shape index (κ2) is 4.71. The first-order valence-corrected chi connectivity index (χ1v) is 3.10. The lowest BCUT2D eigenvalue weighted by Gasteiger charge is -1.98. The maximum atomic E-state index is 8.66. The van der Waals surface area contributed by atoms with Crippen LogP contribution >= 0.6 is 0 Å². The second-order valence-corrected chi connectivity index (χ2v) is 2.01. The van der Waals surface area contributed by atoms with E-state index in [-0.39, 0.29) is 12.1 Å². The van der Waals surface area contributed by atoms with Crippen LogP contribution in [-0.2, 0) is 6.61 Å². The molecule has 0 aliphatic heterocycles. The van der Waals surface area contributed by atoms with Crippen LogP contribution in [0.2, 0.25) is 0 Å². The highest BCUT2D eigenvalue weighted by molar-refractivity contribution is 5.26. The van der Waals surface area contributed by atoms with E-state index < -0.39 is 0 Å². The second-order valence-electron chi connectivity index (χ2n) is 2.01. The Hall–Kier alpha value is -1.06. The van der Waals surface area contributed by atoms with Crippen LogP contribution in [0.5, 0.6) is 5.75 Å². The molecule has 0 heterocycles. The fourth-order valence-electron chi connectivity index (χ4n) is 0.731. The normalized spacial score (nSPS) is 8.55. The molecular formula is C8H12O3. The molecule has 0 unspecified atom stereocenters. The molecule has 11 heavy (non-hydrogen) atoms. The van der Waals surface area contributed by atoms with Crippen LogP contribution in [0.1, 0.15) is 5.56 Å². The van der Waals surface area contributed by atoms with Gasteiger partial charge in [-0.2, -0.15) is 0 Å². The third kappa shape index (κ3) is 2.57. The van der Waals surface area contributed by atoms with Gasteiger partial charge in [-0.05, 0) is 17.7 Å². The molecule has 0 spiro atoms. The Balaban J connectivity index is 0.000001000. The Labute approximate surface area is 65.5 Å². The van der Waals surface area contributed by atoms with Crippen LogP contribution in [-0.4, -0.2) is 17.7 Å². The quantitative estimate of drug-likeness (QED) is 0.672. The highest BCUT2D eigenvalue weighted by atomic mass is 16.5. The number of rotatable bonds is 2. The van der Waals surface area contributed by atoms with Gasteiger partial charge in [0.2, 0.25) is 0 Å². The average Bonchev–Trinajstić information content (AvgIpc) is 2.05.